The highest BCUT2D eigenvalue weighted by Gasteiger charge is 2.14. The van der Waals surface area contributed by atoms with E-state index in [1.165, 1.54) is 17.0 Å². The minimum atomic E-state index is -3.69. The Labute approximate surface area is 180 Å². The van der Waals surface area contributed by atoms with E-state index in [1.807, 2.05) is 36.4 Å². The van der Waals surface area contributed by atoms with E-state index in [9.17, 15) is 13.2 Å². The maximum absolute atomic E-state index is 12.6. The van der Waals surface area contributed by atoms with Crippen LogP contribution < -0.4 is 15.0 Å². The number of benzene rings is 3. The van der Waals surface area contributed by atoms with Gasteiger partial charge in [0.05, 0.1) is 24.0 Å². The molecule has 4 rings (SSSR count). The van der Waals surface area contributed by atoms with Crippen LogP contribution in [0.1, 0.15) is 0 Å². The Morgan fingerprint density at radius 3 is 2.42 bits per heavy atom. The molecule has 0 spiro atoms. The van der Waals surface area contributed by atoms with Crippen molar-refractivity contribution in [2.75, 3.05) is 13.7 Å². The fraction of sp³-hybridized carbons (Fsp3) is 0.130. The maximum Gasteiger partial charge on any atom is 0.253 e. The number of nitrogens with zero attached hydrogens (tertiary/aromatic N) is 2. The Bertz CT molecular complexity index is 1380. The van der Waals surface area contributed by atoms with Crippen LogP contribution in [-0.2, 0) is 16.6 Å². The average molecular weight is 436 g/mol. The second-order valence-corrected chi connectivity index (χ2v) is 8.71. The van der Waals surface area contributed by atoms with Crippen molar-refractivity contribution in [2.24, 2.45) is 0 Å². The highest BCUT2D eigenvalue weighted by Crippen LogP contribution is 2.20. The number of aromatic nitrogens is 2. The molecule has 0 radical (unpaired) electrons. The minimum Gasteiger partial charge on any atom is -0.497 e. The molecule has 0 aliphatic rings. The van der Waals surface area contributed by atoms with E-state index in [4.69, 9.17) is 4.74 Å². The van der Waals surface area contributed by atoms with Gasteiger partial charge in [-0.25, -0.2) is 18.1 Å². The highest BCUT2D eigenvalue weighted by molar-refractivity contribution is 7.89. The van der Waals surface area contributed by atoms with Crippen LogP contribution in [0.15, 0.2) is 88.8 Å². The number of methoxy groups -OCH3 is 1. The minimum absolute atomic E-state index is 0.0681. The summed E-state index contributed by atoms with van der Waals surface area (Å²) in [6.45, 7) is 0.236. The lowest BCUT2D eigenvalue weighted by Crippen LogP contribution is -2.30. The number of ether oxygens (including phenoxy) is 1. The Morgan fingerprint density at radius 2 is 1.71 bits per heavy atom. The van der Waals surface area contributed by atoms with Crippen molar-refractivity contribution in [3.05, 3.63) is 89.5 Å². The van der Waals surface area contributed by atoms with E-state index >= 15 is 0 Å². The van der Waals surface area contributed by atoms with Crippen LogP contribution in [0, 0.1) is 0 Å². The van der Waals surface area contributed by atoms with Crippen molar-refractivity contribution in [3.63, 3.8) is 0 Å². The molecule has 8 heteroatoms. The molecule has 0 amide bonds. The normalized spacial score (nSPS) is 11.5. The summed E-state index contributed by atoms with van der Waals surface area (Å²) in [5.74, 6) is 0.718. The summed E-state index contributed by atoms with van der Waals surface area (Å²) in [5, 5.41) is 1.82. The molecule has 1 heterocycles. The van der Waals surface area contributed by atoms with Crippen LogP contribution in [0.3, 0.4) is 0 Å². The highest BCUT2D eigenvalue weighted by atomic mass is 32.2. The third-order valence-corrected chi connectivity index (χ3v) is 6.40. The van der Waals surface area contributed by atoms with Gasteiger partial charge >= 0.3 is 0 Å². The number of sulfonamides is 1. The summed E-state index contributed by atoms with van der Waals surface area (Å²) < 4.78 is 34.3. The van der Waals surface area contributed by atoms with E-state index in [0.29, 0.717) is 5.69 Å². The van der Waals surface area contributed by atoms with E-state index < -0.39 is 10.0 Å². The molecule has 3 aromatic carbocycles. The summed E-state index contributed by atoms with van der Waals surface area (Å²) >= 11 is 0. The molecule has 0 aliphatic carbocycles. The average Bonchev–Trinajstić information content (AvgIpc) is 2.79. The molecule has 158 valence electrons. The van der Waals surface area contributed by atoms with E-state index in [1.54, 1.807) is 37.4 Å². The third-order valence-electron chi connectivity index (χ3n) is 4.94. The first kappa shape index (κ1) is 20.8. The lowest BCUT2D eigenvalue weighted by atomic mass is 10.1. The van der Waals surface area contributed by atoms with Gasteiger partial charge in [0.1, 0.15) is 5.75 Å². The topological polar surface area (TPSA) is 90.3 Å². The van der Waals surface area contributed by atoms with Crippen molar-refractivity contribution in [1.29, 1.82) is 0 Å². The Kier molecular flexibility index (Phi) is 5.83. The molecule has 4 aromatic rings. The molecular weight excluding hydrogens is 414 g/mol. The quantitative estimate of drug-likeness (QED) is 0.482. The van der Waals surface area contributed by atoms with Crippen molar-refractivity contribution in [2.45, 2.75) is 11.4 Å². The summed E-state index contributed by atoms with van der Waals surface area (Å²) in [7, 11) is -2.10. The summed E-state index contributed by atoms with van der Waals surface area (Å²) in [4.78, 5) is 16.9. The van der Waals surface area contributed by atoms with Crippen LogP contribution in [-0.4, -0.2) is 31.6 Å². The molecule has 0 saturated heterocycles. The number of hydrogen-bond donors (Lipinski definition) is 1. The van der Waals surface area contributed by atoms with Gasteiger partial charge in [-0.2, -0.15) is 0 Å². The van der Waals surface area contributed by atoms with Crippen LogP contribution in [0.2, 0.25) is 0 Å². The van der Waals surface area contributed by atoms with Crippen molar-refractivity contribution in [3.8, 4) is 17.0 Å². The van der Waals surface area contributed by atoms with Gasteiger partial charge in [0.2, 0.25) is 10.0 Å². The largest absolute Gasteiger partial charge is 0.497 e. The number of rotatable bonds is 7. The molecule has 31 heavy (non-hydrogen) atoms. The zero-order valence-corrected chi connectivity index (χ0v) is 17.7. The predicted molar refractivity (Wildman–Crippen MR) is 120 cm³/mol. The molecule has 0 atom stereocenters. The molecule has 0 aliphatic heterocycles. The van der Waals surface area contributed by atoms with Gasteiger partial charge in [0, 0.05) is 24.7 Å². The van der Waals surface area contributed by atoms with Crippen LogP contribution in [0.25, 0.3) is 22.0 Å². The third kappa shape index (κ3) is 4.65. The number of nitrogens with one attached hydrogen (secondary N) is 1. The van der Waals surface area contributed by atoms with Gasteiger partial charge in [-0.1, -0.05) is 30.3 Å². The van der Waals surface area contributed by atoms with Gasteiger partial charge in [-0.3, -0.25) is 9.36 Å². The second-order valence-electron chi connectivity index (χ2n) is 6.94. The fourth-order valence-corrected chi connectivity index (χ4v) is 4.29. The maximum atomic E-state index is 12.6. The molecule has 0 bridgehead atoms. The molecule has 0 unspecified atom stereocenters. The Hall–Kier alpha value is -3.49. The Balaban J connectivity index is 1.44. The standard InChI is InChI=1S/C23H21N3O4S/c1-30-20-9-6-18(7-10-20)22-15-23(27)26(16-24-22)13-12-25-31(28,29)21-11-8-17-4-2-3-5-19(17)14-21/h2-11,14-16,25H,12-13H2,1H3. The van der Waals surface area contributed by atoms with Gasteiger partial charge < -0.3 is 4.74 Å². The van der Waals surface area contributed by atoms with Gasteiger partial charge in [0.15, 0.2) is 0 Å². The van der Waals surface area contributed by atoms with Crippen molar-refractivity contribution >= 4 is 20.8 Å². The zero-order chi connectivity index (χ0) is 21.8. The lowest BCUT2D eigenvalue weighted by molar-refractivity contribution is 0.415. The van der Waals surface area contributed by atoms with Crippen molar-refractivity contribution in [1.82, 2.24) is 14.3 Å². The first-order chi connectivity index (χ1) is 15.0. The van der Waals surface area contributed by atoms with Gasteiger partial charge in [-0.15, -0.1) is 0 Å². The molecule has 1 N–H and O–H groups in total. The molecule has 0 saturated carbocycles. The van der Waals surface area contributed by atoms with Gasteiger partial charge in [0.25, 0.3) is 5.56 Å². The van der Waals surface area contributed by atoms with Crippen LogP contribution >= 0.6 is 0 Å². The molecule has 1 aromatic heterocycles. The first-order valence-corrected chi connectivity index (χ1v) is 11.1. The molecule has 7 nitrogen and oxygen atoms in total. The van der Waals surface area contributed by atoms with E-state index in [-0.39, 0.29) is 23.5 Å². The molecule has 0 fully saturated rings. The van der Waals surface area contributed by atoms with E-state index in [2.05, 4.69) is 9.71 Å². The summed E-state index contributed by atoms with van der Waals surface area (Å²) in [5.41, 5.74) is 1.08. The van der Waals surface area contributed by atoms with E-state index in [0.717, 1.165) is 22.1 Å². The smallest absolute Gasteiger partial charge is 0.253 e. The monoisotopic (exact) mass is 435 g/mol. The number of hydrogen-bond acceptors (Lipinski definition) is 5. The zero-order valence-electron chi connectivity index (χ0n) is 16.9. The first-order valence-electron chi connectivity index (χ1n) is 9.66. The SMILES string of the molecule is COc1ccc(-c2cc(=O)n(CCNS(=O)(=O)c3ccc4ccccc4c3)cn2)cc1. The number of fused-ring (bicyclic) bond motifs is 1. The predicted octanol–water partition coefficient (Wildman–Crippen LogP) is 3.05. The fourth-order valence-electron chi connectivity index (χ4n) is 3.23. The Morgan fingerprint density at radius 1 is 0.968 bits per heavy atom. The van der Waals surface area contributed by atoms with Crippen LogP contribution in [0.5, 0.6) is 5.75 Å². The van der Waals surface area contributed by atoms with Crippen molar-refractivity contribution < 1.29 is 13.2 Å². The van der Waals surface area contributed by atoms with Gasteiger partial charge in [-0.05, 0) is 47.2 Å². The second kappa shape index (κ2) is 8.71. The summed E-state index contributed by atoms with van der Waals surface area (Å²) in [6, 6.07) is 21.2. The summed E-state index contributed by atoms with van der Waals surface area (Å²) in [6.07, 6.45) is 1.42. The molecular formula is C23H21N3O4S. The lowest BCUT2D eigenvalue weighted by Gasteiger charge is -2.10. The van der Waals surface area contributed by atoms with Crippen LogP contribution in [0.4, 0.5) is 0 Å².